The zero-order chi connectivity index (χ0) is 13.7. The number of piperidine rings is 1. The first kappa shape index (κ1) is 15.3. The minimum absolute atomic E-state index is 0.262. The first-order chi connectivity index (χ1) is 9.19. The maximum atomic E-state index is 9.41. The Labute approximate surface area is 118 Å². The Morgan fingerprint density at radius 3 is 2.58 bits per heavy atom. The van der Waals surface area contributed by atoms with Gasteiger partial charge in [0.2, 0.25) is 0 Å². The summed E-state index contributed by atoms with van der Waals surface area (Å²) in [5, 5.41) is 12.9. The molecule has 1 heterocycles. The number of fused-ring (bicyclic) bond motifs is 1. The van der Waals surface area contributed by atoms with Gasteiger partial charge in [-0.15, -0.1) is 0 Å². The molecule has 1 saturated heterocycles. The average molecular weight is 268 g/mol. The molecule has 1 aliphatic heterocycles. The van der Waals surface area contributed by atoms with Crippen LogP contribution in [0.3, 0.4) is 0 Å². The molecule has 3 heteroatoms. The maximum Gasteiger partial charge on any atom is 0.0585 e. The molecule has 3 nitrogen and oxygen atoms in total. The van der Waals surface area contributed by atoms with E-state index < -0.39 is 0 Å². The zero-order valence-corrected chi connectivity index (χ0v) is 12.8. The van der Waals surface area contributed by atoms with Gasteiger partial charge in [-0.25, -0.2) is 0 Å². The van der Waals surface area contributed by atoms with Crippen LogP contribution in [0, 0.1) is 11.8 Å². The number of hydrogen-bond donors (Lipinski definition) is 2. The lowest BCUT2D eigenvalue weighted by Crippen LogP contribution is -2.45. The van der Waals surface area contributed by atoms with Crippen molar-refractivity contribution in [3.63, 3.8) is 0 Å². The summed E-state index contributed by atoms with van der Waals surface area (Å²) in [6, 6.07) is 0.727. The van der Waals surface area contributed by atoms with Crippen LogP contribution in [0.4, 0.5) is 0 Å². The van der Waals surface area contributed by atoms with E-state index in [4.69, 9.17) is 0 Å². The predicted molar refractivity (Wildman–Crippen MR) is 80.3 cm³/mol. The smallest absolute Gasteiger partial charge is 0.0585 e. The van der Waals surface area contributed by atoms with E-state index in [1.54, 1.807) is 0 Å². The number of rotatable bonds is 6. The van der Waals surface area contributed by atoms with E-state index in [9.17, 15) is 5.11 Å². The molecule has 0 aromatic rings. The third-order valence-electron chi connectivity index (χ3n) is 4.96. The largest absolute Gasteiger partial charge is 0.395 e. The van der Waals surface area contributed by atoms with E-state index >= 15 is 0 Å². The second-order valence-electron chi connectivity index (χ2n) is 6.88. The van der Waals surface area contributed by atoms with E-state index in [2.05, 4.69) is 24.1 Å². The van der Waals surface area contributed by atoms with E-state index in [-0.39, 0.29) is 12.6 Å². The molecule has 2 fully saturated rings. The summed E-state index contributed by atoms with van der Waals surface area (Å²) in [7, 11) is 0. The summed E-state index contributed by atoms with van der Waals surface area (Å²) in [6.45, 7) is 8.30. The average Bonchev–Trinajstić information content (AvgIpc) is 2.42. The van der Waals surface area contributed by atoms with Crippen molar-refractivity contribution < 1.29 is 5.11 Å². The molecule has 0 amide bonds. The summed E-state index contributed by atoms with van der Waals surface area (Å²) < 4.78 is 0. The van der Waals surface area contributed by atoms with Gasteiger partial charge in [0.1, 0.15) is 0 Å². The molecule has 3 atom stereocenters. The second-order valence-corrected chi connectivity index (χ2v) is 6.88. The Kier molecular flexibility index (Phi) is 6.11. The van der Waals surface area contributed by atoms with Gasteiger partial charge in [-0.05, 0) is 44.2 Å². The van der Waals surface area contributed by atoms with Crippen molar-refractivity contribution in [3.8, 4) is 0 Å². The Hall–Kier alpha value is -0.120. The third kappa shape index (κ3) is 4.73. The zero-order valence-electron chi connectivity index (χ0n) is 12.8. The lowest BCUT2D eigenvalue weighted by atomic mass is 9.75. The van der Waals surface area contributed by atoms with Crippen molar-refractivity contribution in [2.75, 3.05) is 26.2 Å². The number of likely N-dealkylation sites (tertiary alicyclic amines) is 1. The van der Waals surface area contributed by atoms with E-state index in [0.29, 0.717) is 6.04 Å². The highest BCUT2D eigenvalue weighted by molar-refractivity contribution is 4.84. The van der Waals surface area contributed by atoms with E-state index in [0.717, 1.165) is 24.8 Å². The number of aliphatic hydroxyl groups is 1. The Balaban J connectivity index is 1.71. The Morgan fingerprint density at radius 2 is 1.89 bits per heavy atom. The summed E-state index contributed by atoms with van der Waals surface area (Å²) >= 11 is 0. The van der Waals surface area contributed by atoms with Crippen LogP contribution in [0.25, 0.3) is 0 Å². The highest BCUT2D eigenvalue weighted by atomic mass is 16.3. The minimum atomic E-state index is 0.262. The minimum Gasteiger partial charge on any atom is -0.395 e. The van der Waals surface area contributed by atoms with Crippen molar-refractivity contribution in [1.82, 2.24) is 10.2 Å². The van der Waals surface area contributed by atoms with Crippen molar-refractivity contribution >= 4 is 0 Å². The van der Waals surface area contributed by atoms with Crippen molar-refractivity contribution in [2.45, 2.75) is 64.5 Å². The first-order valence-corrected chi connectivity index (χ1v) is 8.28. The van der Waals surface area contributed by atoms with Gasteiger partial charge in [-0.1, -0.05) is 33.1 Å². The van der Waals surface area contributed by atoms with E-state index in [1.807, 2.05) is 0 Å². The molecule has 0 spiro atoms. The molecular formula is C16H32N2O. The molecule has 1 aliphatic carbocycles. The van der Waals surface area contributed by atoms with Crippen molar-refractivity contribution in [3.05, 3.63) is 0 Å². The maximum absolute atomic E-state index is 9.41. The molecule has 112 valence electrons. The second kappa shape index (κ2) is 7.61. The molecule has 19 heavy (non-hydrogen) atoms. The van der Waals surface area contributed by atoms with Gasteiger partial charge < -0.3 is 15.3 Å². The van der Waals surface area contributed by atoms with Crippen molar-refractivity contribution in [1.29, 1.82) is 0 Å². The Bertz CT molecular complexity index is 257. The van der Waals surface area contributed by atoms with Crippen LogP contribution in [0.15, 0.2) is 0 Å². The number of hydrogen-bond acceptors (Lipinski definition) is 3. The van der Waals surface area contributed by atoms with Crippen LogP contribution in [0.5, 0.6) is 0 Å². The van der Waals surface area contributed by atoms with Gasteiger partial charge >= 0.3 is 0 Å². The van der Waals surface area contributed by atoms with Crippen LogP contribution in [0.2, 0.25) is 0 Å². The SMILES string of the molecule is CC(C)NC(CO)CCN1CCC2CCCCC2C1. The summed E-state index contributed by atoms with van der Waals surface area (Å²) in [5.74, 6) is 1.99. The fraction of sp³-hybridized carbons (Fsp3) is 1.00. The normalized spacial score (nSPS) is 30.3. The lowest BCUT2D eigenvalue weighted by Gasteiger charge is -2.41. The topological polar surface area (TPSA) is 35.5 Å². The van der Waals surface area contributed by atoms with Gasteiger partial charge in [0.15, 0.2) is 0 Å². The van der Waals surface area contributed by atoms with Gasteiger partial charge in [0.25, 0.3) is 0 Å². The predicted octanol–water partition coefficient (Wildman–Crippen LogP) is 2.25. The molecule has 1 saturated carbocycles. The monoisotopic (exact) mass is 268 g/mol. The van der Waals surface area contributed by atoms with Crippen LogP contribution >= 0.6 is 0 Å². The van der Waals surface area contributed by atoms with Gasteiger partial charge in [0, 0.05) is 18.6 Å². The molecule has 2 N–H and O–H groups in total. The standard InChI is InChI=1S/C16H32N2O/c1-13(2)17-16(12-19)8-10-18-9-7-14-5-3-4-6-15(14)11-18/h13-17,19H,3-12H2,1-2H3. The van der Waals surface area contributed by atoms with E-state index in [1.165, 1.54) is 45.2 Å². The van der Waals surface area contributed by atoms with Crippen LogP contribution < -0.4 is 5.32 Å². The molecule has 2 rings (SSSR count). The summed E-state index contributed by atoms with van der Waals surface area (Å²) in [6.07, 6.45) is 8.33. The third-order valence-corrected chi connectivity index (χ3v) is 4.96. The molecular weight excluding hydrogens is 236 g/mol. The fourth-order valence-corrected chi connectivity index (χ4v) is 3.92. The summed E-state index contributed by atoms with van der Waals surface area (Å²) in [4.78, 5) is 2.64. The molecule has 0 aromatic carbocycles. The van der Waals surface area contributed by atoms with Crippen LogP contribution in [0.1, 0.15) is 52.4 Å². The number of aliphatic hydroxyl groups excluding tert-OH is 1. The lowest BCUT2D eigenvalue weighted by molar-refractivity contribution is 0.0812. The molecule has 0 bridgehead atoms. The first-order valence-electron chi connectivity index (χ1n) is 8.28. The van der Waals surface area contributed by atoms with Crippen molar-refractivity contribution in [2.24, 2.45) is 11.8 Å². The molecule has 0 aromatic heterocycles. The highest BCUT2D eigenvalue weighted by Gasteiger charge is 2.30. The summed E-state index contributed by atoms with van der Waals surface area (Å²) in [5.41, 5.74) is 0. The van der Waals surface area contributed by atoms with Gasteiger partial charge in [0.05, 0.1) is 6.61 Å². The van der Waals surface area contributed by atoms with Gasteiger partial charge in [-0.3, -0.25) is 0 Å². The Morgan fingerprint density at radius 1 is 1.16 bits per heavy atom. The van der Waals surface area contributed by atoms with Gasteiger partial charge in [-0.2, -0.15) is 0 Å². The fourth-order valence-electron chi connectivity index (χ4n) is 3.92. The molecule has 2 aliphatic rings. The molecule has 3 unspecified atom stereocenters. The van der Waals surface area contributed by atoms with Crippen LogP contribution in [-0.4, -0.2) is 48.3 Å². The highest BCUT2D eigenvalue weighted by Crippen LogP contribution is 2.35. The quantitative estimate of drug-likeness (QED) is 0.775. The van der Waals surface area contributed by atoms with Crippen LogP contribution in [-0.2, 0) is 0 Å². The number of nitrogens with one attached hydrogen (secondary N) is 1. The molecule has 0 radical (unpaired) electrons. The number of nitrogens with zero attached hydrogens (tertiary/aromatic N) is 1.